The summed E-state index contributed by atoms with van der Waals surface area (Å²) in [5, 5.41) is 3.88. The van der Waals surface area contributed by atoms with Crippen LogP contribution in [0.25, 0.3) is 0 Å². The highest BCUT2D eigenvalue weighted by Gasteiger charge is 2.07. The number of benzene rings is 2. The van der Waals surface area contributed by atoms with Crippen LogP contribution >= 0.6 is 23.8 Å². The number of halogens is 1. The normalized spacial score (nSPS) is 10.1. The third kappa shape index (κ3) is 3.62. The molecule has 0 radical (unpaired) electrons. The number of hydrogen-bond donors (Lipinski definition) is 2. The minimum Gasteiger partial charge on any atom is -0.494 e. The monoisotopic (exact) mass is 306 g/mol. The lowest BCUT2D eigenvalue weighted by molar-refractivity contribution is 0.340. The molecule has 0 atom stereocenters. The summed E-state index contributed by atoms with van der Waals surface area (Å²) in [4.78, 5) is 0.324. The van der Waals surface area contributed by atoms with Gasteiger partial charge in [-0.05, 0) is 37.3 Å². The van der Waals surface area contributed by atoms with Crippen molar-refractivity contribution in [1.29, 1.82) is 0 Å². The van der Waals surface area contributed by atoms with Gasteiger partial charge in [0.05, 0.1) is 12.3 Å². The van der Waals surface area contributed by atoms with E-state index in [0.29, 0.717) is 16.6 Å². The summed E-state index contributed by atoms with van der Waals surface area (Å²) in [7, 11) is 0. The van der Waals surface area contributed by atoms with Gasteiger partial charge in [0.1, 0.15) is 10.7 Å². The molecular weight excluding hydrogens is 292 g/mol. The van der Waals surface area contributed by atoms with Crippen molar-refractivity contribution in [3.05, 3.63) is 53.1 Å². The second kappa shape index (κ2) is 6.59. The zero-order valence-electron chi connectivity index (χ0n) is 11.0. The molecule has 5 heteroatoms. The number of nitrogens with two attached hydrogens (primary N) is 1. The Labute approximate surface area is 128 Å². The van der Waals surface area contributed by atoms with Gasteiger partial charge >= 0.3 is 0 Å². The quantitative estimate of drug-likeness (QED) is 0.816. The molecule has 0 saturated heterocycles. The van der Waals surface area contributed by atoms with Gasteiger partial charge in [-0.2, -0.15) is 0 Å². The van der Waals surface area contributed by atoms with Crippen LogP contribution in [0.5, 0.6) is 5.75 Å². The Morgan fingerprint density at radius 3 is 2.80 bits per heavy atom. The molecule has 0 aliphatic carbocycles. The van der Waals surface area contributed by atoms with E-state index < -0.39 is 0 Å². The van der Waals surface area contributed by atoms with E-state index in [4.69, 9.17) is 34.3 Å². The Kier molecular flexibility index (Phi) is 4.82. The molecule has 0 aromatic heterocycles. The van der Waals surface area contributed by atoms with Crippen LogP contribution in [0.4, 0.5) is 11.4 Å². The topological polar surface area (TPSA) is 47.3 Å². The minimum absolute atomic E-state index is 0.324. The minimum atomic E-state index is 0.324. The summed E-state index contributed by atoms with van der Waals surface area (Å²) in [5.41, 5.74) is 8.14. The van der Waals surface area contributed by atoms with E-state index in [1.807, 2.05) is 31.2 Å². The number of anilines is 2. The van der Waals surface area contributed by atoms with E-state index in [-0.39, 0.29) is 0 Å². The molecule has 3 N–H and O–H groups in total. The lowest BCUT2D eigenvalue weighted by Gasteiger charge is -2.13. The molecule has 0 aliphatic heterocycles. The van der Waals surface area contributed by atoms with Gasteiger partial charge in [-0.15, -0.1) is 0 Å². The Morgan fingerprint density at radius 2 is 2.10 bits per heavy atom. The van der Waals surface area contributed by atoms with Crippen molar-refractivity contribution in [2.75, 3.05) is 11.9 Å². The molecule has 104 valence electrons. The van der Waals surface area contributed by atoms with Crippen LogP contribution in [-0.4, -0.2) is 11.6 Å². The third-order valence-electron chi connectivity index (χ3n) is 2.67. The van der Waals surface area contributed by atoms with Crippen molar-refractivity contribution < 1.29 is 4.74 Å². The van der Waals surface area contributed by atoms with Gasteiger partial charge in [0.2, 0.25) is 0 Å². The SMILES string of the molecule is CCOc1cccc(Nc2cc(Cl)ccc2C(N)=S)c1. The first kappa shape index (κ1) is 14.6. The predicted molar refractivity (Wildman–Crippen MR) is 88.2 cm³/mol. The van der Waals surface area contributed by atoms with Crippen molar-refractivity contribution >= 4 is 40.2 Å². The molecular formula is C15H15ClN2OS. The highest BCUT2D eigenvalue weighted by atomic mass is 35.5. The lowest BCUT2D eigenvalue weighted by Crippen LogP contribution is -2.11. The Balaban J connectivity index is 2.31. The molecule has 0 fully saturated rings. The maximum Gasteiger partial charge on any atom is 0.121 e. The van der Waals surface area contributed by atoms with Gasteiger partial charge in [0.15, 0.2) is 0 Å². The molecule has 0 unspecified atom stereocenters. The van der Waals surface area contributed by atoms with E-state index in [1.165, 1.54) is 0 Å². The van der Waals surface area contributed by atoms with E-state index in [9.17, 15) is 0 Å². The number of rotatable bonds is 5. The zero-order chi connectivity index (χ0) is 14.5. The van der Waals surface area contributed by atoms with Crippen molar-refractivity contribution in [3.63, 3.8) is 0 Å². The van der Waals surface area contributed by atoms with Crippen molar-refractivity contribution in [3.8, 4) is 5.75 Å². The zero-order valence-corrected chi connectivity index (χ0v) is 12.6. The fourth-order valence-corrected chi connectivity index (χ4v) is 2.17. The maximum atomic E-state index is 6.02. The molecule has 2 rings (SSSR count). The molecule has 0 saturated carbocycles. The first-order valence-corrected chi connectivity index (χ1v) is 6.98. The van der Waals surface area contributed by atoms with E-state index in [1.54, 1.807) is 18.2 Å². The molecule has 0 amide bonds. The first-order chi connectivity index (χ1) is 9.60. The second-order valence-corrected chi connectivity index (χ2v) is 5.02. The average Bonchev–Trinajstić information content (AvgIpc) is 2.39. The van der Waals surface area contributed by atoms with Crippen LogP contribution in [-0.2, 0) is 0 Å². The first-order valence-electron chi connectivity index (χ1n) is 6.19. The Hall–Kier alpha value is -1.78. The number of thiocarbonyl (C=S) groups is 1. The second-order valence-electron chi connectivity index (χ2n) is 4.14. The van der Waals surface area contributed by atoms with Gasteiger partial charge in [-0.3, -0.25) is 0 Å². The highest BCUT2D eigenvalue weighted by molar-refractivity contribution is 7.80. The fourth-order valence-electron chi connectivity index (χ4n) is 1.82. The largest absolute Gasteiger partial charge is 0.494 e. The van der Waals surface area contributed by atoms with Gasteiger partial charge in [-0.1, -0.05) is 29.9 Å². The van der Waals surface area contributed by atoms with Crippen molar-refractivity contribution in [2.45, 2.75) is 6.92 Å². The van der Waals surface area contributed by atoms with Crippen molar-refractivity contribution in [1.82, 2.24) is 0 Å². The molecule has 0 spiro atoms. The van der Waals surface area contributed by atoms with Crippen LogP contribution in [0.2, 0.25) is 5.02 Å². The lowest BCUT2D eigenvalue weighted by atomic mass is 10.1. The van der Waals surface area contributed by atoms with Gasteiger partial charge in [0.25, 0.3) is 0 Å². The van der Waals surface area contributed by atoms with Crippen LogP contribution in [0.1, 0.15) is 12.5 Å². The molecule has 3 nitrogen and oxygen atoms in total. The predicted octanol–water partition coefficient (Wildman–Crippen LogP) is 4.12. The van der Waals surface area contributed by atoms with E-state index in [0.717, 1.165) is 22.7 Å². The summed E-state index contributed by atoms with van der Waals surface area (Å²) in [6.45, 7) is 2.57. The summed E-state index contributed by atoms with van der Waals surface area (Å²) < 4.78 is 5.47. The van der Waals surface area contributed by atoms with E-state index >= 15 is 0 Å². The molecule has 0 aliphatic rings. The van der Waals surface area contributed by atoms with Gasteiger partial charge < -0.3 is 15.8 Å². The number of nitrogens with one attached hydrogen (secondary N) is 1. The summed E-state index contributed by atoms with van der Waals surface area (Å²) in [5.74, 6) is 0.802. The summed E-state index contributed by atoms with van der Waals surface area (Å²) in [6.07, 6.45) is 0. The van der Waals surface area contributed by atoms with Crippen LogP contribution in [0, 0.1) is 0 Å². The molecule has 0 bridgehead atoms. The molecule has 0 heterocycles. The summed E-state index contributed by atoms with van der Waals surface area (Å²) in [6, 6.07) is 13.0. The number of hydrogen-bond acceptors (Lipinski definition) is 3. The van der Waals surface area contributed by atoms with E-state index in [2.05, 4.69) is 5.32 Å². The van der Waals surface area contributed by atoms with Crippen LogP contribution in [0.3, 0.4) is 0 Å². The molecule has 2 aromatic rings. The summed E-state index contributed by atoms with van der Waals surface area (Å²) >= 11 is 11.1. The smallest absolute Gasteiger partial charge is 0.121 e. The third-order valence-corrected chi connectivity index (χ3v) is 3.13. The van der Waals surface area contributed by atoms with Crippen LogP contribution < -0.4 is 15.8 Å². The maximum absolute atomic E-state index is 6.02. The Bertz CT molecular complexity index is 631. The molecule has 20 heavy (non-hydrogen) atoms. The highest BCUT2D eigenvalue weighted by Crippen LogP contribution is 2.26. The number of ether oxygens (including phenoxy) is 1. The molecule has 2 aromatic carbocycles. The average molecular weight is 307 g/mol. The van der Waals surface area contributed by atoms with Crippen LogP contribution in [0.15, 0.2) is 42.5 Å². The van der Waals surface area contributed by atoms with Gasteiger partial charge in [-0.25, -0.2) is 0 Å². The Morgan fingerprint density at radius 1 is 1.30 bits per heavy atom. The fraction of sp³-hybridized carbons (Fsp3) is 0.133. The standard InChI is InChI=1S/C15H15ClN2OS/c1-2-19-12-5-3-4-11(9-12)18-14-8-10(16)6-7-13(14)15(17)20/h3-9,18H,2H2,1H3,(H2,17,20). The van der Waals surface area contributed by atoms with Crippen molar-refractivity contribution in [2.24, 2.45) is 5.73 Å². The van der Waals surface area contributed by atoms with Gasteiger partial charge in [0, 0.05) is 22.3 Å².